The fraction of sp³-hybridized carbons (Fsp3) is 0.417. The fourth-order valence-corrected chi connectivity index (χ4v) is 1.59. The van der Waals surface area contributed by atoms with Gasteiger partial charge in [0.05, 0.1) is 4.47 Å². The fourth-order valence-electron chi connectivity index (χ4n) is 1.22. The minimum absolute atomic E-state index is 0.136. The molecule has 0 amide bonds. The van der Waals surface area contributed by atoms with Crippen LogP contribution in [0.25, 0.3) is 0 Å². The number of carbonyl (C=O) groups is 1. The molecule has 0 spiro atoms. The second kappa shape index (κ2) is 5.23. The summed E-state index contributed by atoms with van der Waals surface area (Å²) < 4.78 is 32.2. The number of hydrogen-bond donors (Lipinski definition) is 0. The van der Waals surface area contributed by atoms with E-state index in [1.807, 2.05) is 0 Å². The summed E-state index contributed by atoms with van der Waals surface area (Å²) in [5, 5.41) is 0. The van der Waals surface area contributed by atoms with Crippen molar-refractivity contribution in [3.05, 3.63) is 33.8 Å². The molecule has 0 radical (unpaired) electrons. The van der Waals surface area contributed by atoms with Crippen molar-refractivity contribution in [1.29, 1.82) is 0 Å². The van der Waals surface area contributed by atoms with Gasteiger partial charge in [-0.1, -0.05) is 0 Å². The number of benzene rings is 1. The summed E-state index contributed by atoms with van der Waals surface area (Å²) in [6.45, 7) is 3.12. The van der Waals surface area contributed by atoms with E-state index >= 15 is 0 Å². The van der Waals surface area contributed by atoms with Crippen LogP contribution in [-0.2, 0) is 16.0 Å². The summed E-state index contributed by atoms with van der Waals surface area (Å²) in [6, 6.07) is 2.38. The van der Waals surface area contributed by atoms with Gasteiger partial charge in [-0.05, 0) is 41.9 Å². The van der Waals surface area contributed by atoms with E-state index in [9.17, 15) is 13.6 Å². The third kappa shape index (κ3) is 3.10. The van der Waals surface area contributed by atoms with E-state index in [1.165, 1.54) is 13.2 Å². The number of ether oxygens (including phenoxy) is 1. The molecule has 0 unspecified atom stereocenters. The van der Waals surface area contributed by atoms with Gasteiger partial charge in [-0.25, -0.2) is 8.78 Å². The minimum atomic E-state index is -1.05. The summed E-state index contributed by atoms with van der Waals surface area (Å²) in [5.41, 5.74) is -1.30. The molecule has 0 heterocycles. The van der Waals surface area contributed by atoms with Crippen molar-refractivity contribution in [2.75, 3.05) is 7.11 Å². The number of carbonyl (C=O) groups excluding carboxylic acids is 1. The van der Waals surface area contributed by atoms with E-state index in [-0.39, 0.29) is 22.2 Å². The van der Waals surface area contributed by atoms with Crippen LogP contribution >= 0.6 is 15.9 Å². The van der Waals surface area contributed by atoms with Crippen LogP contribution in [0.1, 0.15) is 19.4 Å². The second-order valence-corrected chi connectivity index (χ2v) is 4.99. The summed E-state index contributed by atoms with van der Waals surface area (Å²) in [4.78, 5) is 11.8. The molecule has 1 rings (SSSR count). The smallest absolute Gasteiger partial charge is 0.168 e. The molecule has 0 aliphatic heterocycles. The van der Waals surface area contributed by atoms with Crippen molar-refractivity contribution >= 4 is 21.7 Å². The van der Waals surface area contributed by atoms with Crippen LogP contribution in [0.3, 0.4) is 0 Å². The quantitative estimate of drug-likeness (QED) is 0.798. The van der Waals surface area contributed by atoms with Crippen molar-refractivity contribution < 1.29 is 18.3 Å². The Morgan fingerprint density at radius 1 is 1.41 bits per heavy atom. The molecule has 2 nitrogen and oxygen atoms in total. The zero-order chi connectivity index (χ0) is 13.2. The highest BCUT2D eigenvalue weighted by atomic mass is 79.9. The zero-order valence-corrected chi connectivity index (χ0v) is 11.4. The number of ketones is 1. The first-order chi connectivity index (χ1) is 7.79. The molecule has 94 valence electrons. The Balaban J connectivity index is 3.04. The van der Waals surface area contributed by atoms with Crippen LogP contribution in [0.2, 0.25) is 0 Å². The van der Waals surface area contributed by atoms with E-state index < -0.39 is 17.2 Å². The van der Waals surface area contributed by atoms with Gasteiger partial charge in [0.15, 0.2) is 5.78 Å². The van der Waals surface area contributed by atoms with Gasteiger partial charge >= 0.3 is 0 Å². The molecule has 0 aliphatic rings. The molecule has 17 heavy (non-hydrogen) atoms. The van der Waals surface area contributed by atoms with Crippen LogP contribution in [0, 0.1) is 11.6 Å². The summed E-state index contributed by atoms with van der Waals surface area (Å²) >= 11 is 2.95. The molecule has 0 fully saturated rings. The maximum atomic E-state index is 13.6. The number of hydrogen-bond acceptors (Lipinski definition) is 2. The van der Waals surface area contributed by atoms with E-state index in [4.69, 9.17) is 4.74 Å². The van der Waals surface area contributed by atoms with Crippen LogP contribution in [-0.4, -0.2) is 18.5 Å². The van der Waals surface area contributed by atoms with Crippen molar-refractivity contribution in [3.8, 4) is 0 Å². The molecule has 0 N–H and O–H groups in total. The maximum absolute atomic E-state index is 13.6. The van der Waals surface area contributed by atoms with Crippen LogP contribution in [0.5, 0.6) is 0 Å². The Kier molecular flexibility index (Phi) is 4.38. The van der Waals surface area contributed by atoms with Gasteiger partial charge in [-0.15, -0.1) is 0 Å². The summed E-state index contributed by atoms with van der Waals surface area (Å²) in [6.07, 6.45) is -0.335. The largest absolute Gasteiger partial charge is 0.371 e. The lowest BCUT2D eigenvalue weighted by Crippen LogP contribution is -2.35. The molecule has 0 aliphatic carbocycles. The van der Waals surface area contributed by atoms with Gasteiger partial charge in [0.2, 0.25) is 0 Å². The third-order valence-corrected chi connectivity index (χ3v) is 3.27. The number of methoxy groups -OCH3 is 1. The first-order valence-corrected chi connectivity index (χ1v) is 5.79. The average Bonchev–Trinajstić information content (AvgIpc) is 2.29. The maximum Gasteiger partial charge on any atom is 0.168 e. The molecule has 0 saturated heterocycles. The van der Waals surface area contributed by atoms with Gasteiger partial charge in [-0.3, -0.25) is 4.79 Å². The van der Waals surface area contributed by atoms with Crippen molar-refractivity contribution in [1.82, 2.24) is 0 Å². The molecular weight excluding hydrogens is 294 g/mol. The summed E-state index contributed by atoms with van der Waals surface area (Å²) in [5.74, 6) is -1.85. The van der Waals surface area contributed by atoms with Gasteiger partial charge in [-0.2, -0.15) is 0 Å². The number of halogens is 3. The Morgan fingerprint density at radius 3 is 2.53 bits per heavy atom. The van der Waals surface area contributed by atoms with Crippen molar-refractivity contribution in [2.24, 2.45) is 0 Å². The first-order valence-electron chi connectivity index (χ1n) is 5.00. The first kappa shape index (κ1) is 14.3. The second-order valence-electron chi connectivity index (χ2n) is 4.14. The van der Waals surface area contributed by atoms with Crippen LogP contribution in [0.15, 0.2) is 16.6 Å². The van der Waals surface area contributed by atoms with E-state index in [1.54, 1.807) is 13.8 Å². The molecule has 0 aromatic heterocycles. The molecule has 0 saturated carbocycles. The Morgan fingerprint density at radius 2 is 2.00 bits per heavy atom. The predicted octanol–water partition coefficient (Wildman–Crippen LogP) is 3.26. The summed E-state index contributed by atoms with van der Waals surface area (Å²) in [7, 11) is 1.38. The van der Waals surface area contributed by atoms with Crippen LogP contribution < -0.4 is 0 Å². The molecule has 1 aromatic carbocycles. The molecule has 1 aromatic rings. The lowest BCUT2D eigenvalue weighted by Gasteiger charge is -2.21. The number of Topliss-reactive ketones (excluding diaryl/α,β-unsaturated/α-hetero) is 1. The van der Waals surface area contributed by atoms with Crippen molar-refractivity contribution in [3.63, 3.8) is 0 Å². The van der Waals surface area contributed by atoms with E-state index in [0.29, 0.717) is 0 Å². The molecule has 0 bridgehead atoms. The highest BCUT2D eigenvalue weighted by Gasteiger charge is 2.28. The predicted molar refractivity (Wildman–Crippen MR) is 63.9 cm³/mol. The van der Waals surface area contributed by atoms with E-state index in [2.05, 4.69) is 15.9 Å². The zero-order valence-electron chi connectivity index (χ0n) is 9.81. The van der Waals surface area contributed by atoms with Gasteiger partial charge in [0, 0.05) is 19.1 Å². The van der Waals surface area contributed by atoms with Crippen LogP contribution in [0.4, 0.5) is 8.78 Å². The monoisotopic (exact) mass is 306 g/mol. The molecule has 0 atom stereocenters. The Hall–Kier alpha value is -0.810. The molecule has 5 heteroatoms. The Bertz CT molecular complexity index is 444. The standard InChI is InChI=1S/C12H13BrF2O2/c1-12(2,17-3)10(16)6-7-9(14)5-4-8(13)11(7)15/h4-5H,6H2,1-3H3. The average molecular weight is 307 g/mol. The van der Waals surface area contributed by atoms with Gasteiger partial charge in [0.1, 0.15) is 17.2 Å². The molecular formula is C12H13BrF2O2. The van der Waals surface area contributed by atoms with Gasteiger partial charge < -0.3 is 4.74 Å². The highest BCUT2D eigenvalue weighted by molar-refractivity contribution is 9.10. The van der Waals surface area contributed by atoms with Gasteiger partial charge in [0.25, 0.3) is 0 Å². The highest BCUT2D eigenvalue weighted by Crippen LogP contribution is 2.24. The lowest BCUT2D eigenvalue weighted by molar-refractivity contribution is -0.136. The Labute approximate surface area is 107 Å². The lowest BCUT2D eigenvalue weighted by atomic mass is 9.96. The SMILES string of the molecule is COC(C)(C)C(=O)Cc1c(F)ccc(Br)c1F. The normalized spacial score (nSPS) is 11.6. The van der Waals surface area contributed by atoms with Crippen molar-refractivity contribution in [2.45, 2.75) is 25.9 Å². The topological polar surface area (TPSA) is 26.3 Å². The number of rotatable bonds is 4. The minimum Gasteiger partial charge on any atom is -0.371 e. The third-order valence-electron chi connectivity index (χ3n) is 2.66. The van der Waals surface area contributed by atoms with E-state index in [0.717, 1.165) is 6.07 Å².